The predicted molar refractivity (Wildman–Crippen MR) is 116 cm³/mol. The molecule has 13 heteroatoms. The van der Waals surface area contributed by atoms with E-state index in [0.29, 0.717) is 11.1 Å². The van der Waals surface area contributed by atoms with Crippen LogP contribution in [0.15, 0.2) is 36.9 Å². The quantitative estimate of drug-likeness (QED) is 0.231. The number of aromatic nitrogens is 4. The molecule has 1 aliphatic heterocycles. The smallest absolute Gasteiger partial charge is 0.356 e. The van der Waals surface area contributed by atoms with E-state index >= 15 is 0 Å². The fourth-order valence-electron chi connectivity index (χ4n) is 3.32. The van der Waals surface area contributed by atoms with Crippen molar-refractivity contribution in [2.45, 2.75) is 13.8 Å². The first-order valence-corrected chi connectivity index (χ1v) is 12.0. The minimum Gasteiger partial charge on any atom is -0.408 e. The van der Waals surface area contributed by atoms with Crippen LogP contribution >= 0.6 is 7.60 Å². The molecule has 12 nitrogen and oxygen atoms in total. The Kier molecular flexibility index (Phi) is 6.80. The van der Waals surface area contributed by atoms with Gasteiger partial charge in [-0.15, -0.1) is 0 Å². The number of anilines is 1. The van der Waals surface area contributed by atoms with Crippen LogP contribution in [0.5, 0.6) is 0 Å². The second-order valence-electron chi connectivity index (χ2n) is 6.75. The van der Waals surface area contributed by atoms with Gasteiger partial charge in [-0.1, -0.05) is 12.1 Å². The molecule has 0 fully saturated rings. The van der Waals surface area contributed by atoms with Crippen LogP contribution in [0.2, 0.25) is 0 Å². The molecule has 3 heterocycles. The second kappa shape index (κ2) is 9.75. The van der Waals surface area contributed by atoms with E-state index in [1.165, 1.54) is 17.4 Å². The van der Waals surface area contributed by atoms with Gasteiger partial charge in [0.1, 0.15) is 25.6 Å². The summed E-state index contributed by atoms with van der Waals surface area (Å²) in [5.74, 6) is -0.890. The maximum absolute atomic E-state index is 12.8. The highest BCUT2D eigenvalue weighted by molar-refractivity contribution is 7.53. The Hall–Kier alpha value is -3.18. The number of nitrogens with zero attached hydrogens (tertiary/aromatic N) is 5. The van der Waals surface area contributed by atoms with Crippen LogP contribution in [0, 0.1) is 0 Å². The van der Waals surface area contributed by atoms with Gasteiger partial charge in [0.2, 0.25) is 5.65 Å². The highest BCUT2D eigenvalue weighted by Crippen LogP contribution is 2.47. The molecule has 0 atom stereocenters. The van der Waals surface area contributed by atoms with Crippen molar-refractivity contribution in [3.63, 3.8) is 0 Å². The zero-order valence-corrected chi connectivity index (χ0v) is 18.9. The number of hydrogen-bond donors (Lipinski definition) is 0. The molecular weight excluding hydrogens is 453 g/mol. The lowest BCUT2D eigenvalue weighted by molar-refractivity contribution is 0.0488. The van der Waals surface area contributed by atoms with Gasteiger partial charge in [0.15, 0.2) is 11.3 Å². The molecule has 2 amide bonds. The van der Waals surface area contributed by atoms with E-state index in [0.717, 1.165) is 4.90 Å². The summed E-state index contributed by atoms with van der Waals surface area (Å²) in [6.45, 7) is 4.10. The van der Waals surface area contributed by atoms with Gasteiger partial charge in [0, 0.05) is 0 Å². The SMILES string of the molecule is CCOP(=O)(COCCOn1cnc2c(N3C(=O)c4ccccc4C3=O)ncnc21)OCC. The number of hydrogen-bond acceptors (Lipinski definition) is 10. The lowest BCUT2D eigenvalue weighted by Crippen LogP contribution is -2.30. The average Bonchev–Trinajstić information content (AvgIpc) is 3.33. The number of imidazole rings is 1. The van der Waals surface area contributed by atoms with Crippen LogP contribution in [0.1, 0.15) is 34.6 Å². The number of carbonyl (C=O) groups is 2. The number of imide groups is 1. The average molecular weight is 475 g/mol. The monoisotopic (exact) mass is 475 g/mol. The van der Waals surface area contributed by atoms with Gasteiger partial charge in [-0.05, 0) is 26.0 Å². The maximum Gasteiger partial charge on any atom is 0.356 e. The van der Waals surface area contributed by atoms with Crippen molar-refractivity contribution >= 4 is 36.4 Å². The third-order valence-electron chi connectivity index (χ3n) is 4.65. The van der Waals surface area contributed by atoms with Crippen LogP contribution in [0.3, 0.4) is 0 Å². The largest absolute Gasteiger partial charge is 0.408 e. The fourth-order valence-corrected chi connectivity index (χ4v) is 4.68. The summed E-state index contributed by atoms with van der Waals surface area (Å²) < 4.78 is 29.4. The Morgan fingerprint density at radius 2 is 1.61 bits per heavy atom. The Morgan fingerprint density at radius 3 is 2.24 bits per heavy atom. The molecule has 0 saturated heterocycles. The van der Waals surface area contributed by atoms with Crippen molar-refractivity contribution in [2.24, 2.45) is 0 Å². The molecule has 2 aromatic heterocycles. The van der Waals surface area contributed by atoms with Crippen LogP contribution in [0.25, 0.3) is 11.2 Å². The molecule has 1 aliphatic rings. The minimum absolute atomic E-state index is 0.0687. The summed E-state index contributed by atoms with van der Waals surface area (Å²) >= 11 is 0. The number of amides is 2. The molecule has 0 aliphatic carbocycles. The summed E-state index contributed by atoms with van der Waals surface area (Å²) in [5.41, 5.74) is 1.10. The fraction of sp³-hybridized carbons (Fsp3) is 0.350. The summed E-state index contributed by atoms with van der Waals surface area (Å²) in [5, 5.41) is 0. The van der Waals surface area contributed by atoms with Crippen LogP contribution in [-0.4, -0.2) is 64.3 Å². The van der Waals surface area contributed by atoms with E-state index in [1.54, 1.807) is 38.1 Å². The van der Waals surface area contributed by atoms with Crippen molar-refractivity contribution in [1.29, 1.82) is 0 Å². The molecule has 0 saturated carbocycles. The Bertz CT molecular complexity index is 1190. The van der Waals surface area contributed by atoms with E-state index in [4.69, 9.17) is 18.6 Å². The molecule has 0 spiro atoms. The van der Waals surface area contributed by atoms with Crippen LogP contribution in [0.4, 0.5) is 5.82 Å². The van der Waals surface area contributed by atoms with Crippen LogP contribution in [-0.2, 0) is 18.3 Å². The van der Waals surface area contributed by atoms with Gasteiger partial charge < -0.3 is 18.6 Å². The Morgan fingerprint density at radius 1 is 0.939 bits per heavy atom. The van der Waals surface area contributed by atoms with Gasteiger partial charge in [-0.2, -0.15) is 4.73 Å². The number of rotatable bonds is 11. The van der Waals surface area contributed by atoms with Gasteiger partial charge >= 0.3 is 7.60 Å². The van der Waals surface area contributed by atoms with Gasteiger partial charge in [0.05, 0.1) is 30.9 Å². The highest BCUT2D eigenvalue weighted by Gasteiger charge is 2.38. The predicted octanol–water partition coefficient (Wildman–Crippen LogP) is 2.30. The zero-order chi connectivity index (χ0) is 23.4. The van der Waals surface area contributed by atoms with E-state index in [9.17, 15) is 14.2 Å². The molecule has 0 N–H and O–H groups in total. The molecule has 0 radical (unpaired) electrons. The first kappa shape index (κ1) is 23.0. The standard InChI is InChI=1S/C20H22N5O7P/c1-3-31-33(28,32-4-2)13-29-9-10-30-24-12-23-16-17(24)21-11-22-18(16)25-19(26)14-7-5-6-8-15(14)20(25)27/h5-8,11-12H,3-4,9-10,13H2,1-2H3. The molecule has 174 valence electrons. The normalized spacial score (nSPS) is 13.7. The van der Waals surface area contributed by atoms with Crippen molar-refractivity contribution in [3.05, 3.63) is 48.0 Å². The summed E-state index contributed by atoms with van der Waals surface area (Å²) in [4.78, 5) is 44.7. The number of fused-ring (bicyclic) bond motifs is 2. The topological polar surface area (TPSA) is 135 Å². The highest BCUT2D eigenvalue weighted by atomic mass is 31.2. The lowest BCUT2D eigenvalue weighted by atomic mass is 10.1. The van der Waals surface area contributed by atoms with E-state index in [1.807, 2.05) is 0 Å². The van der Waals surface area contributed by atoms with Gasteiger partial charge in [-0.25, -0.2) is 19.9 Å². The number of benzene rings is 1. The van der Waals surface area contributed by atoms with E-state index < -0.39 is 19.4 Å². The molecule has 0 bridgehead atoms. The Balaban J connectivity index is 1.44. The molecule has 1 aromatic carbocycles. The lowest BCUT2D eigenvalue weighted by Gasteiger charge is -2.16. The van der Waals surface area contributed by atoms with Crippen molar-refractivity contribution < 1.29 is 32.8 Å². The van der Waals surface area contributed by atoms with E-state index in [2.05, 4.69) is 15.0 Å². The molecule has 4 rings (SSSR count). The molecule has 3 aromatic rings. The molecular formula is C20H22N5O7P. The summed E-state index contributed by atoms with van der Waals surface area (Å²) in [6.07, 6.45) is 2.38. The first-order chi connectivity index (χ1) is 16.0. The van der Waals surface area contributed by atoms with Gasteiger partial charge in [0.25, 0.3) is 11.8 Å². The first-order valence-electron chi connectivity index (χ1n) is 10.2. The van der Waals surface area contributed by atoms with Crippen LogP contribution < -0.4 is 9.74 Å². The molecule has 0 unspecified atom stereocenters. The van der Waals surface area contributed by atoms with Crippen molar-refractivity contribution in [3.8, 4) is 0 Å². The van der Waals surface area contributed by atoms with Crippen molar-refractivity contribution in [2.75, 3.05) is 37.7 Å². The van der Waals surface area contributed by atoms with E-state index in [-0.39, 0.29) is 49.8 Å². The number of ether oxygens (including phenoxy) is 1. The second-order valence-corrected chi connectivity index (χ2v) is 8.74. The summed E-state index contributed by atoms with van der Waals surface area (Å²) in [6, 6.07) is 6.56. The Labute approximate surface area is 188 Å². The maximum atomic E-state index is 12.8. The minimum atomic E-state index is -3.30. The number of carbonyl (C=O) groups excluding carboxylic acids is 2. The third-order valence-corrected chi connectivity index (χ3v) is 6.45. The third kappa shape index (κ3) is 4.51. The molecule has 33 heavy (non-hydrogen) atoms. The summed E-state index contributed by atoms with van der Waals surface area (Å²) in [7, 11) is -3.30. The zero-order valence-electron chi connectivity index (χ0n) is 18.0. The van der Waals surface area contributed by atoms with Gasteiger partial charge in [-0.3, -0.25) is 14.2 Å². The van der Waals surface area contributed by atoms with Crippen molar-refractivity contribution in [1.82, 2.24) is 19.7 Å².